The highest BCUT2D eigenvalue weighted by Crippen LogP contribution is 2.46. The normalized spacial score (nSPS) is 40.7. The number of carbonyl (C=O) groups excluding carboxylic acids is 4. The van der Waals surface area contributed by atoms with E-state index in [2.05, 4.69) is 0 Å². The van der Waals surface area contributed by atoms with E-state index in [4.69, 9.17) is 4.74 Å². The molecule has 0 saturated carbocycles. The molecule has 0 bridgehead atoms. The Morgan fingerprint density at radius 2 is 1.29 bits per heavy atom. The molecule has 24 heavy (non-hydrogen) atoms. The Bertz CT molecular complexity index is 600. The number of rotatable bonds is 5. The van der Waals surface area contributed by atoms with Crippen molar-refractivity contribution in [1.82, 2.24) is 0 Å². The second-order valence-electron chi connectivity index (χ2n) is 5.88. The van der Waals surface area contributed by atoms with Crippen LogP contribution < -0.4 is 0 Å². The molecule has 6 atom stereocenters. The summed E-state index contributed by atoms with van der Waals surface area (Å²) in [4.78, 5) is 47.3. The van der Waals surface area contributed by atoms with Gasteiger partial charge in [0.25, 0.3) is 0 Å². The molecule has 1 fully saturated rings. The van der Waals surface area contributed by atoms with E-state index in [1.807, 2.05) is 0 Å². The van der Waals surface area contributed by atoms with Gasteiger partial charge in [0.15, 0.2) is 35.0 Å². The van der Waals surface area contributed by atoms with Crippen molar-refractivity contribution in [3.05, 3.63) is 0 Å². The zero-order valence-corrected chi connectivity index (χ0v) is 13.5. The molecule has 136 valence electrons. The Balaban J connectivity index is 3.86. The second-order valence-corrected chi connectivity index (χ2v) is 5.88. The molecule has 1 aliphatic heterocycles. The van der Waals surface area contributed by atoms with Crippen molar-refractivity contribution >= 4 is 23.1 Å². The van der Waals surface area contributed by atoms with Crippen molar-refractivity contribution in [2.45, 2.75) is 63.0 Å². The molecule has 1 unspecified atom stereocenters. The van der Waals surface area contributed by atoms with Crippen molar-refractivity contribution in [3.63, 3.8) is 0 Å². The summed E-state index contributed by atoms with van der Waals surface area (Å²) in [6.07, 6.45) is -7.16. The number of ether oxygens (including phenoxy) is 1. The van der Waals surface area contributed by atoms with E-state index in [-0.39, 0.29) is 0 Å². The number of aliphatic hydroxyl groups excluding tert-OH is 2. The van der Waals surface area contributed by atoms with Gasteiger partial charge in [-0.3, -0.25) is 19.2 Å². The maximum atomic E-state index is 12.0. The van der Waals surface area contributed by atoms with E-state index in [1.54, 1.807) is 0 Å². The lowest BCUT2D eigenvalue weighted by Crippen LogP contribution is -2.87. The molecule has 0 aromatic carbocycles. The molecule has 1 heterocycles. The fourth-order valence-electron chi connectivity index (χ4n) is 2.95. The fraction of sp³-hybridized carbons (Fsp3) is 0.714. The summed E-state index contributed by atoms with van der Waals surface area (Å²) in [7, 11) is 0. The molecular formula is C14H20O10. The highest BCUT2D eigenvalue weighted by Gasteiger charge is 2.79. The summed E-state index contributed by atoms with van der Waals surface area (Å²) in [5.74, 6) is -5.24. The quantitative estimate of drug-likeness (QED) is 0.336. The Morgan fingerprint density at radius 1 is 0.875 bits per heavy atom. The Morgan fingerprint density at radius 3 is 1.58 bits per heavy atom. The van der Waals surface area contributed by atoms with Gasteiger partial charge in [-0.25, -0.2) is 0 Å². The fourth-order valence-corrected chi connectivity index (χ4v) is 2.95. The minimum Gasteiger partial charge on any atom is -0.382 e. The van der Waals surface area contributed by atoms with Crippen molar-refractivity contribution in [1.29, 1.82) is 0 Å². The minimum absolute atomic E-state index is 0.650. The van der Waals surface area contributed by atoms with E-state index in [0.29, 0.717) is 20.8 Å². The van der Waals surface area contributed by atoms with Gasteiger partial charge in [-0.15, -0.1) is 0 Å². The van der Waals surface area contributed by atoms with Crippen LogP contribution in [0.4, 0.5) is 0 Å². The minimum atomic E-state index is -3.57. The van der Waals surface area contributed by atoms with Crippen LogP contribution in [0.5, 0.6) is 0 Å². The lowest BCUT2D eigenvalue weighted by molar-refractivity contribution is -0.364. The highest BCUT2D eigenvalue weighted by atomic mass is 16.7. The Labute approximate surface area is 136 Å². The third kappa shape index (κ3) is 2.26. The van der Waals surface area contributed by atoms with Gasteiger partial charge in [0, 0.05) is 0 Å². The van der Waals surface area contributed by atoms with Crippen molar-refractivity contribution in [3.8, 4) is 0 Å². The average molecular weight is 348 g/mol. The Kier molecular flexibility index (Phi) is 5.17. The van der Waals surface area contributed by atoms with Gasteiger partial charge >= 0.3 is 0 Å². The SMILES string of the molecule is CC(=O)C(O)[C@H]1O[C@@H](O)[C@@](O)(C(C)=O)[C@](O)(C(C)=O)[C@@]1(O)C(C)=O. The predicted molar refractivity (Wildman–Crippen MR) is 74.5 cm³/mol. The zero-order valence-electron chi connectivity index (χ0n) is 13.5. The molecule has 1 rings (SSSR count). The van der Waals surface area contributed by atoms with Gasteiger partial charge in [0.05, 0.1) is 0 Å². The predicted octanol–water partition coefficient (Wildman–Crippen LogP) is -3.39. The van der Waals surface area contributed by atoms with Gasteiger partial charge < -0.3 is 30.3 Å². The first kappa shape index (κ1) is 20.5. The first-order valence-electron chi connectivity index (χ1n) is 6.92. The first-order chi connectivity index (χ1) is 10.7. The van der Waals surface area contributed by atoms with Crippen LogP contribution in [-0.4, -0.2) is 84.0 Å². The van der Waals surface area contributed by atoms with Gasteiger partial charge in [-0.2, -0.15) is 0 Å². The number of hydrogen-bond acceptors (Lipinski definition) is 10. The lowest BCUT2D eigenvalue weighted by atomic mass is 9.60. The Hall–Kier alpha value is -1.56. The summed E-state index contributed by atoms with van der Waals surface area (Å²) in [5, 5.41) is 51.8. The van der Waals surface area contributed by atoms with Crippen molar-refractivity contribution in [2.24, 2.45) is 0 Å². The number of aliphatic hydroxyl groups is 5. The maximum absolute atomic E-state index is 12.0. The number of Topliss-reactive ketones (excluding diaryl/α,β-unsaturated/α-hetero) is 4. The molecule has 1 saturated heterocycles. The number of ketones is 4. The number of carbonyl (C=O) groups is 4. The molecule has 0 aromatic rings. The standard InChI is InChI=1S/C14H20O10/c1-5(15)9(19)10-12(21,6(2)16)14(23,8(4)18)13(22,7(3)17)11(20)24-10/h9-11,19-23H,1-4H3/t9?,10-,11-,12-,13+,14+/m1/s1. The van der Waals surface area contributed by atoms with Crippen LogP contribution in [0, 0.1) is 0 Å². The third-order valence-electron chi connectivity index (χ3n) is 4.43. The molecule has 1 aliphatic rings. The van der Waals surface area contributed by atoms with E-state index in [1.165, 1.54) is 0 Å². The molecule has 0 amide bonds. The lowest BCUT2D eigenvalue weighted by Gasteiger charge is -2.57. The summed E-state index contributed by atoms with van der Waals surface area (Å²) in [6.45, 7) is 2.88. The van der Waals surface area contributed by atoms with Crippen LogP contribution in [0.2, 0.25) is 0 Å². The molecule has 0 aromatic heterocycles. The van der Waals surface area contributed by atoms with Crippen LogP contribution in [0.25, 0.3) is 0 Å². The monoisotopic (exact) mass is 348 g/mol. The van der Waals surface area contributed by atoms with Gasteiger partial charge in [-0.1, -0.05) is 0 Å². The summed E-state index contributed by atoms with van der Waals surface area (Å²) >= 11 is 0. The zero-order chi connectivity index (χ0) is 19.2. The van der Waals surface area contributed by atoms with Crippen LogP contribution in [0.3, 0.4) is 0 Å². The average Bonchev–Trinajstić information content (AvgIpc) is 2.46. The van der Waals surface area contributed by atoms with E-state index in [9.17, 15) is 44.7 Å². The topological polar surface area (TPSA) is 179 Å². The highest BCUT2D eigenvalue weighted by molar-refractivity contribution is 6.05. The molecule has 0 aliphatic carbocycles. The van der Waals surface area contributed by atoms with Crippen LogP contribution in [0.15, 0.2) is 0 Å². The van der Waals surface area contributed by atoms with Gasteiger partial charge in [-0.05, 0) is 27.7 Å². The maximum Gasteiger partial charge on any atom is 0.213 e. The third-order valence-corrected chi connectivity index (χ3v) is 4.43. The van der Waals surface area contributed by atoms with Crippen LogP contribution in [0.1, 0.15) is 27.7 Å². The second kappa shape index (κ2) is 6.06. The molecule has 0 radical (unpaired) electrons. The van der Waals surface area contributed by atoms with Crippen molar-refractivity contribution < 1.29 is 49.4 Å². The van der Waals surface area contributed by atoms with Crippen molar-refractivity contribution in [2.75, 3.05) is 0 Å². The molecular weight excluding hydrogens is 328 g/mol. The first-order valence-corrected chi connectivity index (χ1v) is 6.92. The number of hydrogen-bond donors (Lipinski definition) is 5. The van der Waals surface area contributed by atoms with Crippen LogP contribution >= 0.6 is 0 Å². The van der Waals surface area contributed by atoms with E-state index < -0.39 is 58.4 Å². The van der Waals surface area contributed by atoms with Gasteiger partial charge in [0.1, 0.15) is 12.2 Å². The van der Waals surface area contributed by atoms with E-state index >= 15 is 0 Å². The summed E-state index contributed by atoms with van der Waals surface area (Å²) in [6, 6.07) is 0. The summed E-state index contributed by atoms with van der Waals surface area (Å²) < 4.78 is 4.74. The van der Waals surface area contributed by atoms with E-state index in [0.717, 1.165) is 6.92 Å². The molecule has 5 N–H and O–H groups in total. The van der Waals surface area contributed by atoms with Gasteiger partial charge in [0.2, 0.25) is 11.2 Å². The van der Waals surface area contributed by atoms with Crippen LogP contribution in [-0.2, 0) is 23.9 Å². The largest absolute Gasteiger partial charge is 0.382 e. The molecule has 10 nitrogen and oxygen atoms in total. The smallest absolute Gasteiger partial charge is 0.213 e. The summed E-state index contributed by atoms with van der Waals surface area (Å²) in [5.41, 5.74) is -10.4. The molecule has 0 spiro atoms. The molecule has 10 heteroatoms.